The molecule has 0 saturated carbocycles. The predicted octanol–water partition coefficient (Wildman–Crippen LogP) is 0.325. The van der Waals surface area contributed by atoms with E-state index in [0.29, 0.717) is 0 Å². The van der Waals surface area contributed by atoms with Crippen molar-refractivity contribution in [2.45, 2.75) is 19.6 Å². The number of aliphatic hydroxyl groups excluding tert-OH is 2. The maximum Gasteiger partial charge on any atom is 0.341 e. The molecular formula is C21H18BF2N3O5. The van der Waals surface area contributed by atoms with E-state index in [1.165, 1.54) is 22.5 Å². The van der Waals surface area contributed by atoms with E-state index < -0.39 is 46.8 Å². The summed E-state index contributed by atoms with van der Waals surface area (Å²) in [4.78, 5) is 26.2. The number of aromatic carboxylic acids is 1. The number of aliphatic hydroxyl groups is 2. The number of benzene rings is 2. The SMILES string of the molecule is [B]c1c(F)c(N2CC(O)C2)c(C)c2c1c(=O)c(C(=O)O)cn2-c1cc(N)c(F)cc1CO. The Kier molecular flexibility index (Phi) is 5.18. The minimum Gasteiger partial charge on any atom is -0.477 e. The Bertz CT molecular complexity index is 1350. The highest BCUT2D eigenvalue weighted by Gasteiger charge is 2.31. The number of hydrogen-bond donors (Lipinski definition) is 4. The Morgan fingerprint density at radius 2 is 1.97 bits per heavy atom. The molecule has 4 rings (SSSR count). The van der Waals surface area contributed by atoms with Gasteiger partial charge in [-0.2, -0.15) is 0 Å². The molecule has 1 aliphatic rings. The minimum atomic E-state index is -1.57. The van der Waals surface area contributed by atoms with E-state index in [1.807, 2.05) is 0 Å². The number of nitrogen functional groups attached to an aromatic ring is 1. The van der Waals surface area contributed by atoms with E-state index in [4.69, 9.17) is 13.6 Å². The highest BCUT2D eigenvalue weighted by molar-refractivity contribution is 6.39. The summed E-state index contributed by atoms with van der Waals surface area (Å²) >= 11 is 0. The van der Waals surface area contributed by atoms with Gasteiger partial charge in [-0.05, 0) is 24.5 Å². The van der Waals surface area contributed by atoms with Crippen molar-refractivity contribution in [2.24, 2.45) is 0 Å². The molecule has 2 heterocycles. The largest absolute Gasteiger partial charge is 0.477 e. The third kappa shape index (κ3) is 3.12. The number of halogens is 2. The van der Waals surface area contributed by atoms with Crippen molar-refractivity contribution in [3.63, 3.8) is 0 Å². The van der Waals surface area contributed by atoms with Gasteiger partial charge in [-0.15, -0.1) is 0 Å². The van der Waals surface area contributed by atoms with Crippen molar-refractivity contribution in [3.8, 4) is 5.69 Å². The van der Waals surface area contributed by atoms with Crippen LogP contribution in [0.5, 0.6) is 0 Å². The van der Waals surface area contributed by atoms with Crippen LogP contribution in [0.1, 0.15) is 21.5 Å². The number of rotatable bonds is 4. The lowest BCUT2D eigenvalue weighted by Gasteiger charge is -2.39. The van der Waals surface area contributed by atoms with Gasteiger partial charge in [-0.1, -0.05) is 0 Å². The van der Waals surface area contributed by atoms with E-state index in [0.717, 1.165) is 12.3 Å². The fourth-order valence-electron chi connectivity index (χ4n) is 4.07. The van der Waals surface area contributed by atoms with Gasteiger partial charge in [-0.25, -0.2) is 13.6 Å². The van der Waals surface area contributed by atoms with Crippen LogP contribution in [0.2, 0.25) is 0 Å². The Morgan fingerprint density at radius 1 is 1.31 bits per heavy atom. The number of β-amino-alcohol motifs (C(OH)–C–C–N with tert-alkyl or cyclic N) is 1. The van der Waals surface area contributed by atoms with Crippen LogP contribution in [-0.4, -0.2) is 52.9 Å². The topological polar surface area (TPSA) is 129 Å². The van der Waals surface area contributed by atoms with E-state index in [2.05, 4.69) is 0 Å². The lowest BCUT2D eigenvalue weighted by Crippen LogP contribution is -2.52. The number of carboxylic acid groups (broad SMARTS) is 1. The van der Waals surface area contributed by atoms with Gasteiger partial charge >= 0.3 is 5.97 Å². The van der Waals surface area contributed by atoms with E-state index in [9.17, 15) is 29.3 Å². The molecule has 1 aliphatic heterocycles. The fourth-order valence-corrected chi connectivity index (χ4v) is 4.07. The van der Waals surface area contributed by atoms with Gasteiger partial charge in [0.05, 0.1) is 35.3 Å². The van der Waals surface area contributed by atoms with Crippen LogP contribution < -0.4 is 21.5 Å². The summed E-state index contributed by atoms with van der Waals surface area (Å²) in [5, 5.41) is 28.6. The molecule has 0 spiro atoms. The van der Waals surface area contributed by atoms with E-state index in [-0.39, 0.29) is 52.2 Å². The van der Waals surface area contributed by atoms with Gasteiger partial charge < -0.3 is 30.5 Å². The lowest BCUT2D eigenvalue weighted by atomic mass is 9.86. The molecule has 8 nitrogen and oxygen atoms in total. The Labute approximate surface area is 181 Å². The molecule has 0 aliphatic carbocycles. The molecular weight excluding hydrogens is 423 g/mol. The van der Waals surface area contributed by atoms with Crippen molar-refractivity contribution in [1.82, 2.24) is 4.57 Å². The summed E-state index contributed by atoms with van der Waals surface area (Å²) in [5.74, 6) is -3.27. The third-order valence-electron chi connectivity index (χ3n) is 5.67. The summed E-state index contributed by atoms with van der Waals surface area (Å²) < 4.78 is 30.5. The minimum absolute atomic E-state index is 0.0529. The maximum atomic E-state index is 15.2. The Balaban J connectivity index is 2.21. The highest BCUT2D eigenvalue weighted by atomic mass is 19.1. The van der Waals surface area contributed by atoms with Crippen LogP contribution in [0.25, 0.3) is 16.6 Å². The maximum absolute atomic E-state index is 15.2. The van der Waals surface area contributed by atoms with Crippen LogP contribution in [0.3, 0.4) is 0 Å². The molecule has 164 valence electrons. The number of nitrogens with zero attached hydrogens (tertiary/aromatic N) is 2. The van der Waals surface area contributed by atoms with Crippen molar-refractivity contribution in [2.75, 3.05) is 23.7 Å². The molecule has 32 heavy (non-hydrogen) atoms. The molecule has 0 atom stereocenters. The fraction of sp³-hybridized carbons (Fsp3) is 0.238. The quantitative estimate of drug-likeness (QED) is 0.339. The number of fused-ring (bicyclic) bond motifs is 1. The standard InChI is InChI=1S/C21H18BF2N3O5/c1-8-18-15(16(22)17(24)19(8)26-4-10(29)5-26)20(30)11(21(31)32)6-27(18)14-3-13(25)12(23)2-9(14)7-28/h2-3,6,10,28-29H,4-5,7,25H2,1H3,(H,31,32). The number of aromatic nitrogens is 1. The number of anilines is 2. The lowest BCUT2D eigenvalue weighted by molar-refractivity contribution is 0.0695. The molecule has 1 aromatic heterocycles. The second kappa shape index (κ2) is 7.61. The summed E-state index contributed by atoms with van der Waals surface area (Å²) in [5.41, 5.74) is 3.73. The predicted molar refractivity (Wildman–Crippen MR) is 115 cm³/mol. The van der Waals surface area contributed by atoms with Gasteiger partial charge in [0.25, 0.3) is 0 Å². The number of pyridine rings is 1. The van der Waals surface area contributed by atoms with Crippen LogP contribution >= 0.6 is 0 Å². The molecule has 5 N–H and O–H groups in total. The van der Waals surface area contributed by atoms with Gasteiger partial charge in [0.1, 0.15) is 25.0 Å². The number of hydrogen-bond acceptors (Lipinski definition) is 6. The average Bonchev–Trinajstić information content (AvgIpc) is 2.72. The first-order valence-corrected chi connectivity index (χ1v) is 9.59. The van der Waals surface area contributed by atoms with Crippen LogP contribution in [0.4, 0.5) is 20.2 Å². The van der Waals surface area contributed by atoms with Crippen molar-refractivity contribution >= 4 is 41.6 Å². The van der Waals surface area contributed by atoms with E-state index in [1.54, 1.807) is 0 Å². The van der Waals surface area contributed by atoms with Gasteiger partial charge in [-0.3, -0.25) is 4.79 Å². The zero-order valence-electron chi connectivity index (χ0n) is 16.9. The third-order valence-corrected chi connectivity index (χ3v) is 5.67. The molecule has 3 aromatic rings. The molecule has 1 fully saturated rings. The molecule has 11 heteroatoms. The normalized spacial score (nSPS) is 14.1. The first-order valence-electron chi connectivity index (χ1n) is 9.59. The first-order chi connectivity index (χ1) is 15.1. The van der Waals surface area contributed by atoms with Gasteiger partial charge in [0.15, 0.2) is 0 Å². The number of nitrogens with two attached hydrogens (primary N) is 1. The van der Waals surface area contributed by atoms with Crippen LogP contribution in [0, 0.1) is 18.6 Å². The second-order valence-corrected chi connectivity index (χ2v) is 7.69. The number of carbonyl (C=O) groups is 1. The summed E-state index contributed by atoms with van der Waals surface area (Å²) in [7, 11) is 5.98. The highest BCUT2D eigenvalue weighted by Crippen LogP contribution is 2.34. The van der Waals surface area contributed by atoms with E-state index >= 15 is 4.39 Å². The zero-order valence-corrected chi connectivity index (χ0v) is 16.9. The van der Waals surface area contributed by atoms with Crippen molar-refractivity contribution in [3.05, 3.63) is 56.9 Å². The molecule has 2 aromatic carbocycles. The molecule has 1 saturated heterocycles. The Hall–Kier alpha value is -3.44. The van der Waals surface area contributed by atoms with Crippen molar-refractivity contribution < 1.29 is 28.9 Å². The number of carboxylic acids is 1. The molecule has 0 amide bonds. The summed E-state index contributed by atoms with van der Waals surface area (Å²) in [6, 6.07) is 2.17. The molecule has 0 bridgehead atoms. The monoisotopic (exact) mass is 441 g/mol. The second-order valence-electron chi connectivity index (χ2n) is 7.69. The van der Waals surface area contributed by atoms with Crippen molar-refractivity contribution in [1.29, 1.82) is 0 Å². The first kappa shape index (κ1) is 21.8. The van der Waals surface area contributed by atoms with Gasteiger partial charge in [0, 0.05) is 35.8 Å². The smallest absolute Gasteiger partial charge is 0.341 e. The number of aryl methyl sites for hydroxylation is 1. The summed E-state index contributed by atoms with van der Waals surface area (Å²) in [6.07, 6.45) is 0.359. The van der Waals surface area contributed by atoms with Gasteiger partial charge in [0.2, 0.25) is 5.43 Å². The molecule has 2 radical (unpaired) electrons. The Morgan fingerprint density at radius 3 is 2.53 bits per heavy atom. The van der Waals surface area contributed by atoms with Crippen LogP contribution in [0.15, 0.2) is 23.1 Å². The van der Waals surface area contributed by atoms with Crippen LogP contribution in [-0.2, 0) is 6.61 Å². The summed E-state index contributed by atoms with van der Waals surface area (Å²) in [6.45, 7) is 1.19. The zero-order chi connectivity index (χ0) is 23.5. The average molecular weight is 441 g/mol. The molecule has 0 unspecified atom stereocenters.